The molecule has 122 valence electrons. The Balaban J connectivity index is 2.66. The third kappa shape index (κ3) is 7.19. The van der Waals surface area contributed by atoms with E-state index in [1.54, 1.807) is 31.2 Å². The van der Waals surface area contributed by atoms with Crippen molar-refractivity contribution in [3.05, 3.63) is 35.9 Å². The summed E-state index contributed by atoms with van der Waals surface area (Å²) in [5, 5.41) is 2.43. The average molecular weight is 329 g/mol. The van der Waals surface area contributed by atoms with Gasteiger partial charge in [-0.3, -0.25) is 9.35 Å². The number of nitrogens with one attached hydrogen (secondary N) is 1. The average Bonchev–Trinajstić information content (AvgIpc) is 2.43. The minimum atomic E-state index is -4.22. The van der Waals surface area contributed by atoms with Crippen LogP contribution in [0.2, 0.25) is 0 Å². The Morgan fingerprint density at radius 2 is 1.91 bits per heavy atom. The minimum Gasteiger partial charge on any atom is -0.464 e. The van der Waals surface area contributed by atoms with Crippen molar-refractivity contribution >= 4 is 22.0 Å². The monoisotopic (exact) mass is 329 g/mol. The summed E-state index contributed by atoms with van der Waals surface area (Å²) in [6.45, 7) is 1.71. The number of carbonyl (C=O) groups excluding carboxylic acids is 2. The van der Waals surface area contributed by atoms with Crippen molar-refractivity contribution in [1.29, 1.82) is 0 Å². The SMILES string of the molecule is CCOC(=O)[C@H](CCS(=O)(=O)O)NC(=O)Cc1ccccc1. The first kappa shape index (κ1) is 18.1. The topological polar surface area (TPSA) is 110 Å². The highest BCUT2D eigenvalue weighted by molar-refractivity contribution is 7.85. The van der Waals surface area contributed by atoms with Gasteiger partial charge in [0.05, 0.1) is 18.8 Å². The van der Waals surface area contributed by atoms with Gasteiger partial charge in [-0.15, -0.1) is 0 Å². The van der Waals surface area contributed by atoms with Crippen molar-refractivity contribution in [2.75, 3.05) is 12.4 Å². The molecule has 0 spiro atoms. The lowest BCUT2D eigenvalue weighted by molar-refractivity contribution is -0.147. The largest absolute Gasteiger partial charge is 0.464 e. The molecule has 0 aliphatic carbocycles. The predicted octanol–water partition coefficient (Wildman–Crippen LogP) is 0.555. The molecular weight excluding hydrogens is 310 g/mol. The molecule has 0 fully saturated rings. The van der Waals surface area contributed by atoms with Crippen LogP contribution in [-0.4, -0.2) is 43.2 Å². The van der Waals surface area contributed by atoms with Crippen molar-refractivity contribution < 1.29 is 27.3 Å². The molecule has 2 N–H and O–H groups in total. The Hall–Kier alpha value is -1.93. The molecule has 0 saturated heterocycles. The van der Waals surface area contributed by atoms with Crippen LogP contribution in [0.4, 0.5) is 0 Å². The highest BCUT2D eigenvalue weighted by atomic mass is 32.2. The van der Waals surface area contributed by atoms with E-state index in [1.807, 2.05) is 6.07 Å². The number of ether oxygens (including phenoxy) is 1. The zero-order valence-electron chi connectivity index (χ0n) is 12.2. The van der Waals surface area contributed by atoms with Gasteiger partial charge in [0, 0.05) is 0 Å². The summed E-state index contributed by atoms with van der Waals surface area (Å²) in [4.78, 5) is 23.7. The van der Waals surface area contributed by atoms with Crippen LogP contribution < -0.4 is 5.32 Å². The summed E-state index contributed by atoms with van der Waals surface area (Å²) in [5.41, 5.74) is 0.761. The standard InChI is InChI=1S/C14H19NO6S/c1-2-21-14(17)12(8-9-22(18,19)20)15-13(16)10-11-6-4-3-5-7-11/h3-7,12H,2,8-10H2,1H3,(H,15,16)(H,18,19,20)/t12-/m0/s1. The summed E-state index contributed by atoms with van der Waals surface area (Å²) in [6.07, 6.45) is -0.194. The molecule has 0 aliphatic rings. The zero-order chi connectivity index (χ0) is 16.6. The maximum Gasteiger partial charge on any atom is 0.328 e. The van der Waals surface area contributed by atoms with Crippen molar-refractivity contribution in [2.45, 2.75) is 25.8 Å². The quantitative estimate of drug-likeness (QED) is 0.532. The molecule has 22 heavy (non-hydrogen) atoms. The summed E-state index contributed by atoms with van der Waals surface area (Å²) < 4.78 is 35.1. The van der Waals surface area contributed by atoms with Crippen LogP contribution in [0.25, 0.3) is 0 Å². The van der Waals surface area contributed by atoms with Crippen LogP contribution in [-0.2, 0) is 30.9 Å². The zero-order valence-corrected chi connectivity index (χ0v) is 13.0. The molecule has 1 rings (SSSR count). The molecule has 0 aliphatic heterocycles. The van der Waals surface area contributed by atoms with Crippen molar-refractivity contribution in [3.8, 4) is 0 Å². The molecule has 1 aromatic rings. The normalized spacial score (nSPS) is 12.5. The molecule has 7 nitrogen and oxygen atoms in total. The van der Waals surface area contributed by atoms with Gasteiger partial charge >= 0.3 is 5.97 Å². The minimum absolute atomic E-state index is 0.0582. The number of rotatable bonds is 8. The Labute approximate surface area is 129 Å². The Morgan fingerprint density at radius 1 is 1.27 bits per heavy atom. The van der Waals surface area contributed by atoms with E-state index in [2.05, 4.69) is 5.32 Å². The van der Waals surface area contributed by atoms with E-state index in [0.717, 1.165) is 5.56 Å². The highest BCUT2D eigenvalue weighted by Crippen LogP contribution is 2.03. The third-order valence-corrected chi connectivity index (χ3v) is 3.53. The van der Waals surface area contributed by atoms with E-state index in [9.17, 15) is 18.0 Å². The Bertz CT molecular complexity index is 599. The summed E-state index contributed by atoms with van der Waals surface area (Å²) in [6, 6.07) is 7.79. The lowest BCUT2D eigenvalue weighted by Crippen LogP contribution is -2.43. The molecule has 8 heteroatoms. The molecule has 1 atom stereocenters. The molecule has 1 amide bonds. The fraction of sp³-hybridized carbons (Fsp3) is 0.429. The number of benzene rings is 1. The molecule has 0 saturated carbocycles. The van der Waals surface area contributed by atoms with Gasteiger partial charge in [0.15, 0.2) is 0 Å². The lowest BCUT2D eigenvalue weighted by atomic mass is 10.1. The van der Waals surface area contributed by atoms with Crippen molar-refractivity contribution in [1.82, 2.24) is 5.32 Å². The Kier molecular flexibility index (Phi) is 7.00. The lowest BCUT2D eigenvalue weighted by Gasteiger charge is -2.16. The van der Waals surface area contributed by atoms with Crippen LogP contribution in [0.15, 0.2) is 30.3 Å². The molecule has 0 heterocycles. The maximum absolute atomic E-state index is 11.9. The van der Waals surface area contributed by atoms with E-state index in [1.165, 1.54) is 0 Å². The fourth-order valence-electron chi connectivity index (χ4n) is 1.79. The second kappa shape index (κ2) is 8.50. The third-order valence-electron chi connectivity index (χ3n) is 2.78. The van der Waals surface area contributed by atoms with Gasteiger partial charge in [0.25, 0.3) is 10.1 Å². The number of esters is 1. The molecule has 1 aromatic carbocycles. The first-order valence-corrected chi connectivity index (χ1v) is 8.38. The van der Waals surface area contributed by atoms with Crippen molar-refractivity contribution in [3.63, 3.8) is 0 Å². The number of amides is 1. The second-order valence-corrected chi connectivity index (χ2v) is 6.18. The first-order valence-electron chi connectivity index (χ1n) is 6.77. The van der Waals surface area contributed by atoms with Gasteiger partial charge in [0.1, 0.15) is 6.04 Å². The number of hydrogen-bond acceptors (Lipinski definition) is 5. The molecular formula is C14H19NO6S. The summed E-state index contributed by atoms with van der Waals surface area (Å²) in [5.74, 6) is -1.80. The van der Waals surface area contributed by atoms with E-state index < -0.39 is 33.8 Å². The van der Waals surface area contributed by atoms with E-state index in [4.69, 9.17) is 9.29 Å². The fourth-order valence-corrected chi connectivity index (χ4v) is 2.32. The highest BCUT2D eigenvalue weighted by Gasteiger charge is 2.24. The summed E-state index contributed by atoms with van der Waals surface area (Å²) >= 11 is 0. The number of hydrogen-bond donors (Lipinski definition) is 2. The van der Waals surface area contributed by atoms with Crippen molar-refractivity contribution in [2.24, 2.45) is 0 Å². The summed E-state index contributed by atoms with van der Waals surface area (Å²) in [7, 11) is -4.22. The van der Waals surface area contributed by atoms with Crippen LogP contribution in [0.3, 0.4) is 0 Å². The second-order valence-electron chi connectivity index (χ2n) is 4.61. The van der Waals surface area contributed by atoms with Gasteiger partial charge < -0.3 is 10.1 Å². The Morgan fingerprint density at radius 3 is 2.45 bits per heavy atom. The van der Waals surface area contributed by atoms with E-state index in [0.29, 0.717) is 0 Å². The van der Waals surface area contributed by atoms with Gasteiger partial charge in [0.2, 0.25) is 5.91 Å². The van der Waals surface area contributed by atoms with Crippen LogP contribution in [0.1, 0.15) is 18.9 Å². The molecule has 0 bridgehead atoms. The number of carbonyl (C=O) groups is 2. The van der Waals surface area contributed by atoms with Crippen LogP contribution in [0, 0.1) is 0 Å². The van der Waals surface area contributed by atoms with Crippen LogP contribution >= 0.6 is 0 Å². The molecule has 0 radical (unpaired) electrons. The van der Waals surface area contributed by atoms with E-state index in [-0.39, 0.29) is 19.4 Å². The van der Waals surface area contributed by atoms with Gasteiger partial charge in [-0.25, -0.2) is 4.79 Å². The molecule has 0 unspecified atom stereocenters. The van der Waals surface area contributed by atoms with E-state index >= 15 is 0 Å². The smallest absolute Gasteiger partial charge is 0.328 e. The van der Waals surface area contributed by atoms with Gasteiger partial charge in [-0.1, -0.05) is 30.3 Å². The molecule has 0 aromatic heterocycles. The van der Waals surface area contributed by atoms with Gasteiger partial charge in [-0.2, -0.15) is 8.42 Å². The first-order chi connectivity index (χ1) is 10.3. The predicted molar refractivity (Wildman–Crippen MR) is 79.7 cm³/mol. The maximum atomic E-state index is 11.9. The van der Waals surface area contributed by atoms with Gasteiger partial charge in [-0.05, 0) is 18.9 Å². The van der Waals surface area contributed by atoms with Crippen LogP contribution in [0.5, 0.6) is 0 Å².